The Morgan fingerprint density at radius 3 is 2.57 bits per heavy atom. The summed E-state index contributed by atoms with van der Waals surface area (Å²) in [6.45, 7) is 2.07. The van der Waals surface area contributed by atoms with E-state index in [1.54, 1.807) is 0 Å². The smallest absolute Gasteiger partial charge is 0.0661 e. The molecule has 40 valence electrons. The first-order chi connectivity index (χ1) is 3.31. The van der Waals surface area contributed by atoms with Crippen molar-refractivity contribution in [2.24, 2.45) is 5.73 Å². The first-order valence-corrected chi connectivity index (χ1v) is 2.53. The Kier molecular flexibility index (Phi) is 3.45. The Hall–Kier alpha value is -0.480. The molecule has 2 N–H and O–H groups in total. The number of hydrogen-bond donors (Lipinski definition) is 1. The van der Waals surface area contributed by atoms with E-state index in [0.29, 0.717) is 0 Å². The highest BCUT2D eigenvalue weighted by atomic mass is 14.6. The molecule has 0 aromatic rings. The molecule has 0 aliphatic carbocycles. The van der Waals surface area contributed by atoms with Crippen molar-refractivity contribution >= 4 is 0 Å². The van der Waals surface area contributed by atoms with Gasteiger partial charge in [0.2, 0.25) is 0 Å². The fraction of sp³-hybridized carbons (Fsp3) is 0.667. The summed E-state index contributed by atoms with van der Waals surface area (Å²) in [7, 11) is 0. The third-order valence-corrected chi connectivity index (χ3v) is 0.814. The van der Waals surface area contributed by atoms with E-state index in [1.165, 1.54) is 0 Å². The molecule has 0 radical (unpaired) electrons. The van der Waals surface area contributed by atoms with E-state index in [-0.39, 0.29) is 6.04 Å². The van der Waals surface area contributed by atoms with Crippen LogP contribution in [0.2, 0.25) is 0 Å². The molecule has 0 saturated carbocycles. The molecular formula is C6H11N. The lowest BCUT2D eigenvalue weighted by Gasteiger charge is -1.96. The summed E-state index contributed by atoms with van der Waals surface area (Å²) in [5.41, 5.74) is 5.35. The maximum absolute atomic E-state index is 5.35. The van der Waals surface area contributed by atoms with Crippen molar-refractivity contribution in [1.82, 2.24) is 0 Å². The van der Waals surface area contributed by atoms with Gasteiger partial charge in [0.05, 0.1) is 6.04 Å². The van der Waals surface area contributed by atoms with Crippen LogP contribution in [-0.4, -0.2) is 6.04 Å². The highest BCUT2D eigenvalue weighted by Gasteiger charge is 1.89. The first kappa shape index (κ1) is 6.52. The maximum Gasteiger partial charge on any atom is 0.0661 e. The van der Waals surface area contributed by atoms with Crippen molar-refractivity contribution in [2.75, 3.05) is 0 Å². The Labute approximate surface area is 44.9 Å². The summed E-state index contributed by atoms with van der Waals surface area (Å²) in [6.07, 6.45) is 7.00. The highest BCUT2D eigenvalue weighted by Crippen LogP contribution is 1.88. The summed E-state index contributed by atoms with van der Waals surface area (Å²) in [4.78, 5) is 0. The second-order valence-corrected chi connectivity index (χ2v) is 1.56. The fourth-order valence-electron chi connectivity index (χ4n) is 0.394. The zero-order valence-corrected chi connectivity index (χ0v) is 4.65. The van der Waals surface area contributed by atoms with Crippen LogP contribution in [0.15, 0.2) is 0 Å². The van der Waals surface area contributed by atoms with Gasteiger partial charge in [0.1, 0.15) is 0 Å². The molecular weight excluding hydrogens is 86.1 g/mol. The van der Waals surface area contributed by atoms with Crippen LogP contribution >= 0.6 is 0 Å². The third kappa shape index (κ3) is 3.35. The Morgan fingerprint density at radius 1 is 1.86 bits per heavy atom. The quantitative estimate of drug-likeness (QED) is 0.505. The van der Waals surface area contributed by atoms with E-state index in [1.807, 2.05) is 0 Å². The predicted molar refractivity (Wildman–Crippen MR) is 31.7 cm³/mol. The number of rotatable bonds is 2. The van der Waals surface area contributed by atoms with Crippen LogP contribution in [0.1, 0.15) is 19.8 Å². The molecule has 0 saturated heterocycles. The van der Waals surface area contributed by atoms with Crippen molar-refractivity contribution < 1.29 is 0 Å². The van der Waals surface area contributed by atoms with Crippen molar-refractivity contribution in [3.63, 3.8) is 0 Å². The van der Waals surface area contributed by atoms with Gasteiger partial charge in [-0.15, -0.1) is 6.42 Å². The highest BCUT2D eigenvalue weighted by molar-refractivity contribution is 4.95. The Bertz CT molecular complexity index is 70.7. The summed E-state index contributed by atoms with van der Waals surface area (Å²) in [5.74, 6) is 2.44. The molecule has 1 heteroatoms. The topological polar surface area (TPSA) is 26.0 Å². The molecule has 0 bridgehead atoms. The monoisotopic (exact) mass is 97.1 g/mol. The van der Waals surface area contributed by atoms with Crippen molar-refractivity contribution in [2.45, 2.75) is 25.8 Å². The molecule has 1 atom stereocenters. The zero-order chi connectivity index (χ0) is 5.70. The molecule has 0 spiro atoms. The van der Waals surface area contributed by atoms with Crippen LogP contribution in [0, 0.1) is 12.3 Å². The largest absolute Gasteiger partial charge is 0.318 e. The van der Waals surface area contributed by atoms with Crippen LogP contribution in [0.5, 0.6) is 0 Å². The molecule has 1 nitrogen and oxygen atoms in total. The molecule has 0 heterocycles. The summed E-state index contributed by atoms with van der Waals surface area (Å²) < 4.78 is 0. The van der Waals surface area contributed by atoms with E-state index in [4.69, 9.17) is 12.2 Å². The fourth-order valence-corrected chi connectivity index (χ4v) is 0.394. The lowest BCUT2D eigenvalue weighted by Crippen LogP contribution is -2.15. The predicted octanol–water partition coefficient (Wildman–Crippen LogP) is 0.747. The summed E-state index contributed by atoms with van der Waals surface area (Å²) in [6, 6.07) is -0.0231. The van der Waals surface area contributed by atoms with Gasteiger partial charge in [-0.2, -0.15) is 0 Å². The van der Waals surface area contributed by atoms with Gasteiger partial charge in [-0.1, -0.05) is 19.3 Å². The molecule has 0 aliphatic rings. The minimum Gasteiger partial charge on any atom is -0.318 e. The SMILES string of the molecule is C#C[C@@H](N)CCC. The zero-order valence-electron chi connectivity index (χ0n) is 4.65. The molecule has 0 aliphatic heterocycles. The second-order valence-electron chi connectivity index (χ2n) is 1.56. The molecule has 0 rings (SSSR count). The first-order valence-electron chi connectivity index (χ1n) is 2.53. The number of nitrogens with two attached hydrogens (primary N) is 1. The Balaban J connectivity index is 3.04. The van der Waals surface area contributed by atoms with Crippen molar-refractivity contribution in [1.29, 1.82) is 0 Å². The third-order valence-electron chi connectivity index (χ3n) is 0.814. The van der Waals surface area contributed by atoms with E-state index < -0.39 is 0 Å². The van der Waals surface area contributed by atoms with Gasteiger partial charge in [0.25, 0.3) is 0 Å². The van der Waals surface area contributed by atoms with Crippen molar-refractivity contribution in [3.05, 3.63) is 0 Å². The van der Waals surface area contributed by atoms with Gasteiger partial charge in [-0.25, -0.2) is 0 Å². The van der Waals surface area contributed by atoms with Gasteiger partial charge in [-0.05, 0) is 6.42 Å². The molecule has 7 heavy (non-hydrogen) atoms. The normalized spacial score (nSPS) is 12.7. The summed E-state index contributed by atoms with van der Waals surface area (Å²) >= 11 is 0. The van der Waals surface area contributed by atoms with E-state index in [2.05, 4.69) is 12.8 Å². The van der Waals surface area contributed by atoms with Crippen LogP contribution in [0.3, 0.4) is 0 Å². The standard InChI is InChI=1S/C6H11N/c1-3-5-6(7)4-2/h2,6H,3,5,7H2,1H3/t6-/m1/s1. The van der Waals surface area contributed by atoms with Crippen LogP contribution in [-0.2, 0) is 0 Å². The van der Waals surface area contributed by atoms with Gasteiger partial charge in [0.15, 0.2) is 0 Å². The maximum atomic E-state index is 5.35. The van der Waals surface area contributed by atoms with Crippen LogP contribution < -0.4 is 5.73 Å². The molecule has 0 aromatic heterocycles. The molecule has 0 amide bonds. The van der Waals surface area contributed by atoms with Gasteiger partial charge in [0, 0.05) is 0 Å². The van der Waals surface area contributed by atoms with Gasteiger partial charge >= 0.3 is 0 Å². The van der Waals surface area contributed by atoms with Crippen LogP contribution in [0.25, 0.3) is 0 Å². The molecule has 0 fully saturated rings. The minimum absolute atomic E-state index is 0.0231. The van der Waals surface area contributed by atoms with E-state index in [9.17, 15) is 0 Å². The minimum atomic E-state index is -0.0231. The van der Waals surface area contributed by atoms with Gasteiger partial charge in [-0.3, -0.25) is 0 Å². The summed E-state index contributed by atoms with van der Waals surface area (Å²) in [5, 5.41) is 0. The second kappa shape index (κ2) is 3.70. The average Bonchev–Trinajstić information content (AvgIpc) is 1.68. The number of hydrogen-bond acceptors (Lipinski definition) is 1. The van der Waals surface area contributed by atoms with Gasteiger partial charge < -0.3 is 5.73 Å². The average molecular weight is 97.2 g/mol. The lowest BCUT2D eigenvalue weighted by molar-refractivity contribution is 0.721. The van der Waals surface area contributed by atoms with Crippen LogP contribution in [0.4, 0.5) is 0 Å². The lowest BCUT2D eigenvalue weighted by atomic mass is 10.2. The van der Waals surface area contributed by atoms with E-state index in [0.717, 1.165) is 12.8 Å². The molecule has 0 aromatic carbocycles. The Morgan fingerprint density at radius 2 is 2.43 bits per heavy atom. The van der Waals surface area contributed by atoms with Crippen molar-refractivity contribution in [3.8, 4) is 12.3 Å². The van der Waals surface area contributed by atoms with E-state index >= 15 is 0 Å². The number of terminal acetylenes is 1. The molecule has 0 unspecified atom stereocenters.